The molecule has 9 heteroatoms. The van der Waals surface area contributed by atoms with Crippen LogP contribution in [0.4, 0.5) is 16.5 Å². The summed E-state index contributed by atoms with van der Waals surface area (Å²) < 4.78 is 1.76. The van der Waals surface area contributed by atoms with E-state index in [0.717, 1.165) is 21.6 Å². The molecular weight excluding hydrogens is 340 g/mol. The van der Waals surface area contributed by atoms with Gasteiger partial charge in [-0.05, 0) is 18.2 Å². The van der Waals surface area contributed by atoms with Gasteiger partial charge in [-0.2, -0.15) is 5.10 Å². The quantitative estimate of drug-likeness (QED) is 0.435. The Kier molecular flexibility index (Phi) is 3.82. The number of fused-ring (bicyclic) bond motifs is 1. The van der Waals surface area contributed by atoms with Gasteiger partial charge in [-0.25, -0.2) is 0 Å². The van der Waals surface area contributed by atoms with Crippen molar-refractivity contribution in [3.05, 3.63) is 69.8 Å². The lowest BCUT2D eigenvalue weighted by molar-refractivity contribution is -0.384. The van der Waals surface area contributed by atoms with E-state index >= 15 is 0 Å². The number of non-ortho nitro benzene ring substituents is 1. The Labute approximate surface area is 145 Å². The van der Waals surface area contributed by atoms with Crippen LogP contribution in [0.2, 0.25) is 0 Å². The number of anilines is 2. The molecule has 0 saturated heterocycles. The summed E-state index contributed by atoms with van der Waals surface area (Å²) in [5.41, 5.74) is 1.82. The summed E-state index contributed by atoms with van der Waals surface area (Å²) >= 11 is 1.44. The molecule has 0 spiro atoms. The molecule has 0 aliphatic rings. The van der Waals surface area contributed by atoms with E-state index in [1.165, 1.54) is 23.5 Å². The largest absolute Gasteiger partial charge is 0.330 e. The predicted molar refractivity (Wildman–Crippen MR) is 95.1 cm³/mol. The molecule has 0 bridgehead atoms. The second-order valence-corrected chi connectivity index (χ2v) is 6.36. The number of nitro benzene ring substituents is 1. The Balaban J connectivity index is 1.54. The van der Waals surface area contributed by atoms with Crippen molar-refractivity contribution in [1.82, 2.24) is 20.0 Å². The molecule has 4 rings (SSSR count). The van der Waals surface area contributed by atoms with Gasteiger partial charge < -0.3 is 5.32 Å². The Bertz CT molecular complexity index is 1040. The first-order valence-electron chi connectivity index (χ1n) is 7.43. The van der Waals surface area contributed by atoms with Crippen LogP contribution in [0.25, 0.3) is 10.9 Å². The second-order valence-electron chi connectivity index (χ2n) is 5.29. The van der Waals surface area contributed by atoms with Crippen LogP contribution in [0.5, 0.6) is 0 Å². The van der Waals surface area contributed by atoms with Crippen LogP contribution in [0.3, 0.4) is 0 Å². The molecular formula is C16H12N6O2S. The van der Waals surface area contributed by atoms with Gasteiger partial charge in [-0.1, -0.05) is 29.5 Å². The van der Waals surface area contributed by atoms with Crippen molar-refractivity contribution in [2.75, 3.05) is 5.32 Å². The van der Waals surface area contributed by atoms with Crippen LogP contribution in [0.1, 0.15) is 5.01 Å². The van der Waals surface area contributed by atoms with Crippen LogP contribution in [-0.2, 0) is 6.54 Å². The zero-order valence-corrected chi connectivity index (χ0v) is 13.7. The fourth-order valence-corrected chi connectivity index (χ4v) is 3.20. The van der Waals surface area contributed by atoms with E-state index in [0.29, 0.717) is 11.7 Å². The summed E-state index contributed by atoms with van der Waals surface area (Å²) in [5.74, 6) is 0. The number of aromatic nitrogens is 4. The highest BCUT2D eigenvalue weighted by atomic mass is 32.1. The van der Waals surface area contributed by atoms with Gasteiger partial charge in [0, 0.05) is 23.2 Å². The molecule has 4 aromatic rings. The van der Waals surface area contributed by atoms with Crippen molar-refractivity contribution >= 4 is 38.7 Å². The third kappa shape index (κ3) is 3.17. The first kappa shape index (κ1) is 15.2. The van der Waals surface area contributed by atoms with E-state index in [1.807, 2.05) is 30.3 Å². The van der Waals surface area contributed by atoms with Crippen LogP contribution >= 0.6 is 11.3 Å². The van der Waals surface area contributed by atoms with E-state index in [-0.39, 0.29) is 5.69 Å². The Morgan fingerprint density at radius 3 is 2.80 bits per heavy atom. The fraction of sp³-hybridized carbons (Fsp3) is 0.0625. The Morgan fingerprint density at radius 1 is 1.16 bits per heavy atom. The number of nitrogens with zero attached hydrogens (tertiary/aromatic N) is 5. The third-order valence-corrected chi connectivity index (χ3v) is 4.44. The van der Waals surface area contributed by atoms with Gasteiger partial charge in [0.15, 0.2) is 0 Å². The molecule has 0 saturated carbocycles. The summed E-state index contributed by atoms with van der Waals surface area (Å²) in [6.07, 6.45) is 1.62. The maximum Gasteiger partial charge on any atom is 0.270 e. The van der Waals surface area contributed by atoms with Crippen molar-refractivity contribution < 1.29 is 4.92 Å². The van der Waals surface area contributed by atoms with Crippen LogP contribution in [-0.4, -0.2) is 24.9 Å². The third-order valence-electron chi connectivity index (χ3n) is 3.61. The number of nitro groups is 1. The first-order chi connectivity index (χ1) is 12.2. The lowest BCUT2D eigenvalue weighted by Crippen LogP contribution is -2.01. The number of hydrogen-bond donors (Lipinski definition) is 1. The van der Waals surface area contributed by atoms with Gasteiger partial charge in [-0.15, -0.1) is 10.2 Å². The summed E-state index contributed by atoms with van der Waals surface area (Å²) in [6.45, 7) is 0.454. The normalized spacial score (nSPS) is 10.9. The average Bonchev–Trinajstić information content (AvgIpc) is 3.23. The van der Waals surface area contributed by atoms with Crippen molar-refractivity contribution in [3.63, 3.8) is 0 Å². The highest BCUT2D eigenvalue weighted by Gasteiger charge is 2.12. The van der Waals surface area contributed by atoms with Gasteiger partial charge >= 0.3 is 0 Å². The number of nitrogens with one attached hydrogen (secondary N) is 1. The number of hydrogen-bond acceptors (Lipinski definition) is 7. The van der Waals surface area contributed by atoms with Crippen LogP contribution in [0, 0.1) is 10.1 Å². The number of para-hydroxylation sites is 1. The van der Waals surface area contributed by atoms with Crippen molar-refractivity contribution in [1.29, 1.82) is 0 Å². The lowest BCUT2D eigenvalue weighted by Gasteiger charge is -2.00. The van der Waals surface area contributed by atoms with Crippen molar-refractivity contribution in [2.45, 2.75) is 6.54 Å². The van der Waals surface area contributed by atoms with Gasteiger partial charge in [-0.3, -0.25) is 14.8 Å². The summed E-state index contributed by atoms with van der Waals surface area (Å²) in [6, 6.07) is 14.4. The lowest BCUT2D eigenvalue weighted by atomic mass is 10.2. The first-order valence-corrected chi connectivity index (χ1v) is 8.25. The molecule has 0 unspecified atom stereocenters. The van der Waals surface area contributed by atoms with E-state index in [1.54, 1.807) is 16.9 Å². The molecule has 0 aliphatic heterocycles. The smallest absolute Gasteiger partial charge is 0.270 e. The average molecular weight is 352 g/mol. The molecule has 2 aromatic carbocycles. The zero-order chi connectivity index (χ0) is 17.2. The minimum Gasteiger partial charge on any atom is -0.330 e. The van der Waals surface area contributed by atoms with Crippen molar-refractivity contribution in [2.24, 2.45) is 0 Å². The molecule has 2 aromatic heterocycles. The molecule has 0 fully saturated rings. The van der Waals surface area contributed by atoms with E-state index in [9.17, 15) is 10.1 Å². The Morgan fingerprint density at radius 2 is 2.00 bits per heavy atom. The summed E-state index contributed by atoms with van der Waals surface area (Å²) in [4.78, 5) is 10.4. The van der Waals surface area contributed by atoms with E-state index in [2.05, 4.69) is 20.6 Å². The highest BCUT2D eigenvalue weighted by molar-refractivity contribution is 7.15. The van der Waals surface area contributed by atoms with Crippen molar-refractivity contribution in [3.8, 4) is 0 Å². The van der Waals surface area contributed by atoms with E-state index in [4.69, 9.17) is 0 Å². The SMILES string of the molecule is O=[N+]([O-])c1ccc2c(cnn2Cc2nnc(Nc3ccccc3)s2)c1. The molecule has 2 heterocycles. The molecule has 8 nitrogen and oxygen atoms in total. The molecule has 0 amide bonds. The van der Waals surface area contributed by atoms with Gasteiger partial charge in [0.25, 0.3) is 5.69 Å². The van der Waals surface area contributed by atoms with Gasteiger partial charge in [0.2, 0.25) is 5.13 Å². The molecule has 0 aliphatic carbocycles. The maximum absolute atomic E-state index is 10.9. The van der Waals surface area contributed by atoms with Gasteiger partial charge in [0.05, 0.1) is 23.2 Å². The fourth-order valence-electron chi connectivity index (χ4n) is 2.46. The predicted octanol–water partition coefficient (Wildman–Crippen LogP) is 3.59. The molecule has 0 atom stereocenters. The molecule has 1 N–H and O–H groups in total. The van der Waals surface area contributed by atoms with E-state index < -0.39 is 4.92 Å². The second kappa shape index (κ2) is 6.29. The van der Waals surface area contributed by atoms with Crippen LogP contribution < -0.4 is 5.32 Å². The number of rotatable bonds is 5. The zero-order valence-electron chi connectivity index (χ0n) is 12.9. The summed E-state index contributed by atoms with van der Waals surface area (Å²) in [7, 11) is 0. The topological polar surface area (TPSA) is 98.8 Å². The monoisotopic (exact) mass is 352 g/mol. The minimum absolute atomic E-state index is 0.0531. The molecule has 0 radical (unpaired) electrons. The molecule has 124 valence electrons. The Hall–Kier alpha value is -3.33. The number of benzene rings is 2. The van der Waals surface area contributed by atoms with Crippen LogP contribution in [0.15, 0.2) is 54.7 Å². The molecule has 25 heavy (non-hydrogen) atoms. The highest BCUT2D eigenvalue weighted by Crippen LogP contribution is 2.24. The van der Waals surface area contributed by atoms with Gasteiger partial charge in [0.1, 0.15) is 5.01 Å². The maximum atomic E-state index is 10.9. The standard InChI is InChI=1S/C16H12N6O2S/c23-22(24)13-6-7-14-11(8-13)9-17-21(14)10-15-19-20-16(25-15)18-12-4-2-1-3-5-12/h1-9H,10H2,(H,18,20). The minimum atomic E-state index is -0.414. The summed E-state index contributed by atoms with van der Waals surface area (Å²) in [5, 5.41) is 28.9.